The van der Waals surface area contributed by atoms with E-state index in [1.807, 2.05) is 4.68 Å². The van der Waals surface area contributed by atoms with Gasteiger partial charge in [-0.1, -0.05) is 25.7 Å². The molecule has 0 aliphatic heterocycles. The fraction of sp³-hybridized carbons (Fsp3) is 0.733. The van der Waals surface area contributed by atoms with Crippen LogP contribution in [-0.2, 0) is 0 Å². The molecule has 5 nitrogen and oxygen atoms in total. The number of nitrogens with two attached hydrogens (primary N) is 1. The Morgan fingerprint density at radius 1 is 1.10 bits per heavy atom. The first-order chi connectivity index (χ1) is 9.79. The van der Waals surface area contributed by atoms with Crippen molar-refractivity contribution in [2.45, 2.75) is 69.9 Å². The van der Waals surface area contributed by atoms with Gasteiger partial charge in [-0.3, -0.25) is 0 Å². The third kappa shape index (κ3) is 2.47. The van der Waals surface area contributed by atoms with Crippen LogP contribution in [0.15, 0.2) is 0 Å². The Kier molecular flexibility index (Phi) is 3.81. The summed E-state index contributed by atoms with van der Waals surface area (Å²) in [5.74, 6) is 1.24. The Bertz CT molecular complexity index is 501. The second kappa shape index (κ2) is 5.74. The Labute approximate surface area is 120 Å². The molecule has 3 N–H and O–H groups in total. The van der Waals surface area contributed by atoms with Crippen molar-refractivity contribution in [1.82, 2.24) is 9.78 Å². The van der Waals surface area contributed by atoms with Gasteiger partial charge in [-0.25, -0.2) is 4.68 Å². The van der Waals surface area contributed by atoms with Gasteiger partial charge in [-0.15, -0.1) is 0 Å². The monoisotopic (exact) mass is 273 g/mol. The van der Waals surface area contributed by atoms with Gasteiger partial charge in [-0.05, 0) is 32.1 Å². The minimum absolute atomic E-state index is 0.363. The summed E-state index contributed by atoms with van der Waals surface area (Å²) >= 11 is 0. The first-order valence-electron chi connectivity index (χ1n) is 7.84. The normalized spacial score (nSPS) is 20.9. The van der Waals surface area contributed by atoms with Crippen molar-refractivity contribution in [3.8, 4) is 6.07 Å². The van der Waals surface area contributed by atoms with Crippen LogP contribution in [0.4, 0.5) is 11.6 Å². The smallest absolute Gasteiger partial charge is 0.168 e. The van der Waals surface area contributed by atoms with Crippen molar-refractivity contribution in [3.63, 3.8) is 0 Å². The quantitative estimate of drug-likeness (QED) is 0.829. The summed E-state index contributed by atoms with van der Waals surface area (Å²) in [6, 6.07) is 3.06. The largest absolute Gasteiger partial charge is 0.383 e. The Balaban J connectivity index is 1.84. The predicted molar refractivity (Wildman–Crippen MR) is 79.4 cm³/mol. The van der Waals surface area contributed by atoms with Crippen molar-refractivity contribution >= 4 is 11.6 Å². The van der Waals surface area contributed by atoms with Gasteiger partial charge < -0.3 is 11.1 Å². The molecular formula is C15H23N5. The lowest BCUT2D eigenvalue weighted by molar-refractivity contribution is 0.408. The van der Waals surface area contributed by atoms with Crippen molar-refractivity contribution in [2.24, 2.45) is 0 Å². The van der Waals surface area contributed by atoms with Crippen molar-refractivity contribution < 1.29 is 0 Å². The molecular weight excluding hydrogens is 250 g/mol. The maximum Gasteiger partial charge on any atom is 0.168 e. The van der Waals surface area contributed by atoms with Gasteiger partial charge >= 0.3 is 0 Å². The van der Waals surface area contributed by atoms with Crippen LogP contribution >= 0.6 is 0 Å². The number of aromatic nitrogens is 2. The maximum atomic E-state index is 9.35. The summed E-state index contributed by atoms with van der Waals surface area (Å²) in [5.41, 5.74) is 6.70. The molecule has 5 heteroatoms. The van der Waals surface area contributed by atoms with E-state index in [9.17, 15) is 5.26 Å². The Morgan fingerprint density at radius 2 is 1.80 bits per heavy atom. The molecule has 0 bridgehead atoms. The number of hydrogen-bond donors (Lipinski definition) is 2. The minimum Gasteiger partial charge on any atom is -0.383 e. The van der Waals surface area contributed by atoms with Crippen LogP contribution in [0.5, 0.6) is 0 Å². The number of nitrogens with zero attached hydrogens (tertiary/aromatic N) is 3. The molecule has 0 atom stereocenters. The fourth-order valence-electron chi connectivity index (χ4n) is 3.19. The highest BCUT2D eigenvalue weighted by atomic mass is 15.4. The van der Waals surface area contributed by atoms with E-state index in [-0.39, 0.29) is 0 Å². The summed E-state index contributed by atoms with van der Waals surface area (Å²) in [6.07, 6.45) is 10.9. The standard InChI is InChI=1S/C15H23N5/c16-10-13-14(17)20(12-8-3-1-2-4-9-12)19-15(13)18-11-6-5-7-11/h11-12H,1-9,17H2,(H,18,19). The zero-order chi connectivity index (χ0) is 13.9. The molecule has 0 aromatic carbocycles. The molecule has 2 fully saturated rings. The zero-order valence-corrected chi connectivity index (χ0v) is 11.9. The molecule has 0 unspecified atom stereocenters. The lowest BCUT2D eigenvalue weighted by atomic mass is 9.93. The van der Waals surface area contributed by atoms with Gasteiger partial charge in [0.2, 0.25) is 0 Å². The first-order valence-corrected chi connectivity index (χ1v) is 7.84. The lowest BCUT2D eigenvalue weighted by Gasteiger charge is -2.26. The number of nitrogen functional groups attached to an aromatic ring is 1. The first kappa shape index (κ1) is 13.3. The van der Waals surface area contributed by atoms with Crippen LogP contribution in [0.3, 0.4) is 0 Å². The van der Waals surface area contributed by atoms with Gasteiger partial charge in [0.1, 0.15) is 17.5 Å². The zero-order valence-electron chi connectivity index (χ0n) is 11.9. The molecule has 20 heavy (non-hydrogen) atoms. The molecule has 1 aromatic rings. The van der Waals surface area contributed by atoms with Crippen molar-refractivity contribution in [2.75, 3.05) is 11.1 Å². The van der Waals surface area contributed by atoms with E-state index >= 15 is 0 Å². The SMILES string of the molecule is N#Cc1c(NC2CCC2)nn(C2CCCCCC2)c1N. The molecule has 0 radical (unpaired) electrons. The lowest BCUT2D eigenvalue weighted by Crippen LogP contribution is -2.27. The second-order valence-corrected chi connectivity index (χ2v) is 6.08. The van der Waals surface area contributed by atoms with E-state index in [4.69, 9.17) is 5.73 Å². The summed E-state index contributed by atoms with van der Waals surface area (Å²) in [6.45, 7) is 0. The highest BCUT2D eigenvalue weighted by molar-refractivity contribution is 5.64. The van der Waals surface area contributed by atoms with Crippen LogP contribution in [0.1, 0.15) is 69.4 Å². The number of nitriles is 1. The van der Waals surface area contributed by atoms with Crippen molar-refractivity contribution in [3.05, 3.63) is 5.56 Å². The molecule has 2 aliphatic carbocycles. The highest BCUT2D eigenvalue weighted by Crippen LogP contribution is 2.33. The van der Waals surface area contributed by atoms with Crippen LogP contribution < -0.4 is 11.1 Å². The minimum atomic E-state index is 0.363. The average molecular weight is 273 g/mol. The second-order valence-electron chi connectivity index (χ2n) is 6.08. The van der Waals surface area contributed by atoms with Gasteiger partial charge in [0, 0.05) is 6.04 Å². The number of hydrogen-bond acceptors (Lipinski definition) is 4. The molecule has 3 rings (SSSR count). The molecule has 0 saturated heterocycles. The Hall–Kier alpha value is -1.70. The summed E-state index contributed by atoms with van der Waals surface area (Å²) in [4.78, 5) is 0. The number of rotatable bonds is 3. The van der Waals surface area contributed by atoms with Gasteiger partial charge in [0.15, 0.2) is 5.82 Å². The van der Waals surface area contributed by atoms with E-state index in [1.54, 1.807) is 0 Å². The van der Waals surface area contributed by atoms with Crippen LogP contribution in [0.2, 0.25) is 0 Å². The fourth-order valence-corrected chi connectivity index (χ4v) is 3.19. The predicted octanol–water partition coefficient (Wildman–Crippen LogP) is 3.20. The third-order valence-electron chi connectivity index (χ3n) is 4.68. The number of anilines is 2. The molecule has 0 amide bonds. The van der Waals surface area contributed by atoms with Gasteiger partial charge in [0.25, 0.3) is 0 Å². The van der Waals surface area contributed by atoms with E-state index in [0.717, 1.165) is 12.8 Å². The molecule has 1 heterocycles. The molecule has 108 valence electrons. The van der Waals surface area contributed by atoms with Crippen LogP contribution in [0.25, 0.3) is 0 Å². The van der Waals surface area contributed by atoms with Gasteiger partial charge in [0.05, 0.1) is 6.04 Å². The maximum absolute atomic E-state index is 9.35. The third-order valence-corrected chi connectivity index (χ3v) is 4.68. The molecule has 1 aromatic heterocycles. The van der Waals surface area contributed by atoms with E-state index < -0.39 is 0 Å². The van der Waals surface area contributed by atoms with Crippen molar-refractivity contribution in [1.29, 1.82) is 5.26 Å². The van der Waals surface area contributed by atoms with E-state index in [0.29, 0.717) is 29.3 Å². The average Bonchev–Trinajstić information content (AvgIpc) is 2.58. The van der Waals surface area contributed by atoms with E-state index in [1.165, 1.54) is 44.9 Å². The highest BCUT2D eigenvalue weighted by Gasteiger charge is 2.25. The Morgan fingerprint density at radius 3 is 2.35 bits per heavy atom. The molecule has 2 saturated carbocycles. The molecule has 0 spiro atoms. The van der Waals surface area contributed by atoms with Crippen LogP contribution in [-0.4, -0.2) is 15.8 Å². The van der Waals surface area contributed by atoms with Gasteiger partial charge in [-0.2, -0.15) is 10.4 Å². The topological polar surface area (TPSA) is 79.7 Å². The summed E-state index contributed by atoms with van der Waals surface area (Å²) in [7, 11) is 0. The van der Waals surface area contributed by atoms with Crippen LogP contribution in [0, 0.1) is 11.3 Å². The summed E-state index contributed by atoms with van der Waals surface area (Å²) < 4.78 is 1.91. The van der Waals surface area contributed by atoms with E-state index in [2.05, 4.69) is 16.5 Å². The summed E-state index contributed by atoms with van der Waals surface area (Å²) in [5, 5.41) is 17.4. The number of nitrogens with one attached hydrogen (secondary N) is 1. The molecule has 2 aliphatic rings.